The molecule has 1 aromatic heterocycles. The molecule has 0 aliphatic carbocycles. The Morgan fingerprint density at radius 1 is 1.64 bits per heavy atom. The van der Waals surface area contributed by atoms with Gasteiger partial charge >= 0.3 is 0 Å². The van der Waals surface area contributed by atoms with E-state index in [0.29, 0.717) is 18.8 Å². The van der Waals surface area contributed by atoms with Crippen LogP contribution in [0.4, 0.5) is 0 Å². The number of ether oxygens (including phenoxy) is 1. The molecule has 2 rings (SSSR count). The van der Waals surface area contributed by atoms with Gasteiger partial charge in [-0.1, -0.05) is 0 Å². The second-order valence-corrected chi connectivity index (χ2v) is 3.31. The third-order valence-electron chi connectivity index (χ3n) is 2.36. The predicted octanol–water partition coefficient (Wildman–Crippen LogP) is -0.261. The molecule has 5 nitrogen and oxygen atoms in total. The minimum absolute atomic E-state index is 0.0267. The molecule has 14 heavy (non-hydrogen) atoms. The normalized spacial score (nSPS) is 22.2. The summed E-state index contributed by atoms with van der Waals surface area (Å²) in [6, 6.07) is -0.0267. The molecule has 0 spiro atoms. The molecule has 1 aliphatic rings. The third kappa shape index (κ3) is 1.69. The van der Waals surface area contributed by atoms with Crippen LogP contribution in [-0.4, -0.2) is 29.7 Å². The molecule has 0 saturated carbocycles. The lowest BCUT2D eigenvalue weighted by Crippen LogP contribution is -2.38. The number of morpholine rings is 1. The van der Waals surface area contributed by atoms with Crippen molar-refractivity contribution in [3.63, 3.8) is 0 Å². The van der Waals surface area contributed by atoms with Crippen LogP contribution in [-0.2, 0) is 4.74 Å². The van der Waals surface area contributed by atoms with Crippen molar-refractivity contribution < 1.29 is 4.74 Å². The zero-order valence-electron chi connectivity index (χ0n) is 8.04. The lowest BCUT2D eigenvalue weighted by molar-refractivity contribution is 0.0761. The number of aromatic amines is 1. The Bertz CT molecular complexity index is 369. The minimum Gasteiger partial charge on any atom is -0.378 e. The Hall–Kier alpha value is -1.20. The number of nitrogens with zero attached hydrogens (tertiary/aromatic N) is 1. The summed E-state index contributed by atoms with van der Waals surface area (Å²) in [6.45, 7) is 3.85. The van der Waals surface area contributed by atoms with Crippen molar-refractivity contribution in [3.8, 4) is 0 Å². The first-order chi connectivity index (χ1) is 6.79. The third-order valence-corrected chi connectivity index (χ3v) is 2.36. The number of hydrogen-bond donors (Lipinski definition) is 2. The Morgan fingerprint density at radius 2 is 2.50 bits per heavy atom. The second kappa shape index (κ2) is 3.89. The molecular weight excluding hydrogens is 182 g/mol. The fraction of sp³-hybridized carbons (Fsp3) is 0.556. The maximum atomic E-state index is 11.5. The summed E-state index contributed by atoms with van der Waals surface area (Å²) in [6.07, 6.45) is 1.42. The van der Waals surface area contributed by atoms with Crippen LogP contribution in [0.5, 0.6) is 0 Å². The highest BCUT2D eigenvalue weighted by Gasteiger charge is 2.20. The molecule has 0 radical (unpaired) electrons. The maximum absolute atomic E-state index is 11.5. The monoisotopic (exact) mass is 195 g/mol. The fourth-order valence-corrected chi connectivity index (χ4v) is 1.66. The quantitative estimate of drug-likeness (QED) is 0.648. The fourth-order valence-electron chi connectivity index (χ4n) is 1.66. The van der Waals surface area contributed by atoms with Crippen molar-refractivity contribution in [1.29, 1.82) is 0 Å². The summed E-state index contributed by atoms with van der Waals surface area (Å²) in [5.74, 6) is 0. The van der Waals surface area contributed by atoms with Gasteiger partial charge in [0.1, 0.15) is 0 Å². The Labute approximate surface area is 81.5 Å². The van der Waals surface area contributed by atoms with Crippen LogP contribution in [0.25, 0.3) is 0 Å². The van der Waals surface area contributed by atoms with Crippen molar-refractivity contribution >= 4 is 0 Å². The van der Waals surface area contributed by atoms with E-state index in [1.54, 1.807) is 0 Å². The summed E-state index contributed by atoms with van der Waals surface area (Å²) in [5, 5.41) is 3.23. The molecule has 1 saturated heterocycles. The van der Waals surface area contributed by atoms with Crippen LogP contribution in [0.15, 0.2) is 11.1 Å². The number of rotatable bonds is 1. The molecule has 1 fully saturated rings. The van der Waals surface area contributed by atoms with Gasteiger partial charge in [0.15, 0.2) is 0 Å². The van der Waals surface area contributed by atoms with Crippen LogP contribution in [0.2, 0.25) is 0 Å². The van der Waals surface area contributed by atoms with Crippen molar-refractivity contribution in [2.75, 3.05) is 19.8 Å². The highest BCUT2D eigenvalue weighted by Crippen LogP contribution is 2.13. The van der Waals surface area contributed by atoms with Crippen molar-refractivity contribution in [3.05, 3.63) is 27.9 Å². The van der Waals surface area contributed by atoms with E-state index in [-0.39, 0.29) is 11.6 Å². The van der Waals surface area contributed by atoms with Crippen LogP contribution in [0, 0.1) is 6.92 Å². The van der Waals surface area contributed by atoms with Crippen LogP contribution in [0.3, 0.4) is 0 Å². The van der Waals surface area contributed by atoms with Gasteiger partial charge in [0.2, 0.25) is 0 Å². The lowest BCUT2D eigenvalue weighted by Gasteiger charge is -2.23. The standard InChI is InChI=1S/C9H13N3O2/c1-6-8(9(13)12-5-11-6)7-4-14-3-2-10-7/h5,7,10H,2-4H2,1H3,(H,11,12,13). The SMILES string of the molecule is Cc1nc[nH]c(=O)c1C1COCCN1. The second-order valence-electron chi connectivity index (χ2n) is 3.31. The van der Waals surface area contributed by atoms with Gasteiger partial charge in [0.05, 0.1) is 31.1 Å². The Balaban J connectivity index is 2.34. The van der Waals surface area contributed by atoms with E-state index >= 15 is 0 Å². The molecule has 1 aliphatic heterocycles. The van der Waals surface area contributed by atoms with E-state index in [1.165, 1.54) is 6.33 Å². The first-order valence-electron chi connectivity index (χ1n) is 4.64. The zero-order chi connectivity index (χ0) is 9.97. The molecule has 2 heterocycles. The average molecular weight is 195 g/mol. The van der Waals surface area contributed by atoms with Crippen LogP contribution >= 0.6 is 0 Å². The van der Waals surface area contributed by atoms with E-state index in [2.05, 4.69) is 15.3 Å². The zero-order valence-corrected chi connectivity index (χ0v) is 8.04. The van der Waals surface area contributed by atoms with Gasteiger partial charge in [0, 0.05) is 12.2 Å². The maximum Gasteiger partial charge on any atom is 0.255 e. The van der Waals surface area contributed by atoms with Crippen LogP contribution < -0.4 is 10.9 Å². The van der Waals surface area contributed by atoms with Crippen molar-refractivity contribution in [1.82, 2.24) is 15.3 Å². The molecular formula is C9H13N3O2. The summed E-state index contributed by atoms with van der Waals surface area (Å²) in [7, 11) is 0. The minimum atomic E-state index is -0.0829. The Kier molecular flexibility index (Phi) is 2.60. The number of H-pyrrole nitrogens is 1. The summed E-state index contributed by atoms with van der Waals surface area (Å²) >= 11 is 0. The molecule has 1 aromatic rings. The van der Waals surface area contributed by atoms with Gasteiger partial charge in [-0.2, -0.15) is 0 Å². The van der Waals surface area contributed by atoms with E-state index in [1.807, 2.05) is 6.92 Å². The number of aromatic nitrogens is 2. The van der Waals surface area contributed by atoms with Gasteiger partial charge in [-0.25, -0.2) is 4.98 Å². The van der Waals surface area contributed by atoms with Gasteiger partial charge in [-0.3, -0.25) is 4.79 Å². The average Bonchev–Trinajstić information content (AvgIpc) is 2.19. The largest absolute Gasteiger partial charge is 0.378 e. The molecule has 76 valence electrons. The first-order valence-corrected chi connectivity index (χ1v) is 4.64. The number of nitrogens with one attached hydrogen (secondary N) is 2. The molecule has 1 atom stereocenters. The number of hydrogen-bond acceptors (Lipinski definition) is 4. The topological polar surface area (TPSA) is 67.0 Å². The van der Waals surface area contributed by atoms with Crippen molar-refractivity contribution in [2.24, 2.45) is 0 Å². The van der Waals surface area contributed by atoms with E-state index < -0.39 is 0 Å². The molecule has 5 heteroatoms. The summed E-state index contributed by atoms with van der Waals surface area (Å²) in [5.41, 5.74) is 1.37. The van der Waals surface area contributed by atoms with Gasteiger partial charge in [0.25, 0.3) is 5.56 Å². The molecule has 0 amide bonds. The summed E-state index contributed by atoms with van der Waals surface area (Å²) in [4.78, 5) is 18.2. The van der Waals surface area contributed by atoms with Gasteiger partial charge in [-0.05, 0) is 6.92 Å². The molecule has 0 bridgehead atoms. The first kappa shape index (κ1) is 9.36. The van der Waals surface area contributed by atoms with Crippen molar-refractivity contribution in [2.45, 2.75) is 13.0 Å². The van der Waals surface area contributed by atoms with E-state index in [9.17, 15) is 4.79 Å². The summed E-state index contributed by atoms with van der Waals surface area (Å²) < 4.78 is 5.30. The van der Waals surface area contributed by atoms with Crippen LogP contribution in [0.1, 0.15) is 17.3 Å². The van der Waals surface area contributed by atoms with Gasteiger partial charge < -0.3 is 15.0 Å². The molecule has 2 N–H and O–H groups in total. The lowest BCUT2D eigenvalue weighted by atomic mass is 10.1. The molecule has 0 aromatic carbocycles. The van der Waals surface area contributed by atoms with E-state index in [0.717, 1.165) is 12.2 Å². The highest BCUT2D eigenvalue weighted by atomic mass is 16.5. The number of aryl methyl sites for hydroxylation is 1. The van der Waals surface area contributed by atoms with Gasteiger partial charge in [-0.15, -0.1) is 0 Å². The smallest absolute Gasteiger partial charge is 0.255 e. The van der Waals surface area contributed by atoms with E-state index in [4.69, 9.17) is 4.74 Å². The molecule has 1 unspecified atom stereocenters. The Morgan fingerprint density at radius 3 is 3.14 bits per heavy atom. The predicted molar refractivity (Wildman–Crippen MR) is 51.2 cm³/mol. The highest BCUT2D eigenvalue weighted by molar-refractivity contribution is 5.19.